The maximum Gasteiger partial charge on any atom is 0.352 e. The molecule has 1 fully saturated rings. The number of nitrogen functional groups attached to an aromatic ring is 1. The molecule has 0 aliphatic carbocycles. The fourth-order valence-electron chi connectivity index (χ4n) is 4.70. The van der Waals surface area contributed by atoms with E-state index in [2.05, 4.69) is 20.8 Å². The van der Waals surface area contributed by atoms with Crippen LogP contribution in [0.25, 0.3) is 4.83 Å². The van der Waals surface area contributed by atoms with Crippen molar-refractivity contribution >= 4 is 91.9 Å². The fraction of sp³-hybridized carbons (Fsp3) is 0.304. The lowest BCUT2D eigenvalue weighted by atomic mass is 10.0. The Bertz CT molecular complexity index is 1710. The predicted octanol–water partition coefficient (Wildman–Crippen LogP) is 0.0315. The molecule has 5 rings (SSSR count). The smallest absolute Gasteiger partial charge is 0.352 e. The zero-order valence-corrected chi connectivity index (χ0v) is 25.1. The van der Waals surface area contributed by atoms with Crippen LogP contribution in [-0.2, 0) is 35.4 Å². The standard InChI is InChI=1S/C23H21ClN8O8S3/c1-9(26-8-33)19-30(5-11-31(19)2-3-41-11)4-10-7-42-21-15(20(37)32(21)16(10)22(38)39)27-18(36)14(29-40-6-12(34)35)13-17(24)43-23(25)28-13/h2-3,5,8-9,15,21H,4,6-7H2,1H3,(H5-,25,26,27,28,33,34,35,36,38,39)/p+1/b29-14-/t9-,15-,21-/m1/s1. The number of imidazole rings is 1. The van der Waals surface area contributed by atoms with Gasteiger partial charge >= 0.3 is 11.9 Å². The number of halogens is 1. The number of aromatic nitrogens is 3. The van der Waals surface area contributed by atoms with Gasteiger partial charge in [0, 0.05) is 16.7 Å². The van der Waals surface area contributed by atoms with Crippen molar-refractivity contribution in [3.8, 4) is 0 Å². The van der Waals surface area contributed by atoms with Gasteiger partial charge in [-0.2, -0.15) is 4.40 Å². The van der Waals surface area contributed by atoms with Crippen LogP contribution >= 0.6 is 46.0 Å². The molecule has 0 spiro atoms. The molecule has 3 atom stereocenters. The van der Waals surface area contributed by atoms with Crippen LogP contribution < -0.4 is 20.9 Å². The lowest BCUT2D eigenvalue weighted by Gasteiger charge is -2.49. The van der Waals surface area contributed by atoms with Crippen LogP contribution in [0.3, 0.4) is 0 Å². The number of fused-ring (bicyclic) bond motifs is 2. The largest absolute Gasteiger partial charge is 0.479 e. The Morgan fingerprint density at radius 3 is 2.81 bits per heavy atom. The van der Waals surface area contributed by atoms with Crippen molar-refractivity contribution < 1.29 is 43.6 Å². The molecule has 5 heterocycles. The summed E-state index contributed by atoms with van der Waals surface area (Å²) in [5.41, 5.74) is 5.26. The molecule has 0 unspecified atom stereocenters. The van der Waals surface area contributed by atoms with Gasteiger partial charge in [0.15, 0.2) is 10.8 Å². The van der Waals surface area contributed by atoms with Crippen molar-refractivity contribution in [2.45, 2.75) is 30.9 Å². The van der Waals surface area contributed by atoms with Gasteiger partial charge in [-0.15, -0.1) is 11.8 Å². The molecular formula is C23H22ClN8O8S3+. The molecule has 1 saturated heterocycles. The Labute approximate surface area is 258 Å². The van der Waals surface area contributed by atoms with Crippen molar-refractivity contribution in [2.24, 2.45) is 5.16 Å². The number of carboxylic acids is 2. The second kappa shape index (κ2) is 12.2. The molecule has 3 aromatic rings. The Morgan fingerprint density at radius 1 is 1.40 bits per heavy atom. The van der Waals surface area contributed by atoms with Crippen LogP contribution in [0, 0.1) is 0 Å². The van der Waals surface area contributed by atoms with Gasteiger partial charge in [-0.25, -0.2) is 19.1 Å². The molecule has 3 amide bonds. The van der Waals surface area contributed by atoms with Gasteiger partial charge in [0.1, 0.15) is 52.1 Å². The first-order chi connectivity index (χ1) is 20.5. The fourth-order valence-corrected chi connectivity index (χ4v) is 7.74. The Kier molecular flexibility index (Phi) is 8.58. The summed E-state index contributed by atoms with van der Waals surface area (Å²) in [6.45, 7) is 1.08. The van der Waals surface area contributed by atoms with E-state index in [0.717, 1.165) is 21.1 Å². The molecule has 3 aromatic heterocycles. The van der Waals surface area contributed by atoms with E-state index >= 15 is 0 Å². The summed E-state index contributed by atoms with van der Waals surface area (Å²) in [5, 5.41) is 28.9. The number of anilines is 1. The minimum atomic E-state index is -1.35. The second-order valence-corrected chi connectivity index (χ2v) is 12.8. The maximum absolute atomic E-state index is 13.3. The van der Waals surface area contributed by atoms with Crippen LogP contribution in [-0.4, -0.2) is 84.1 Å². The van der Waals surface area contributed by atoms with E-state index in [1.165, 1.54) is 23.1 Å². The van der Waals surface area contributed by atoms with E-state index in [1.807, 2.05) is 26.7 Å². The SMILES string of the molecule is C[C@@H](NC=O)c1n2ccsc2c[n+]1CC1=C(C(=O)O)N2C(=O)[C@@H](NC(=O)/C(=N\OCC(=O)O)c3nc(N)sc3Cl)[C@H]2SC1. The van der Waals surface area contributed by atoms with E-state index in [-0.39, 0.29) is 33.2 Å². The minimum absolute atomic E-state index is 0.0108. The number of carboxylic acid groups (broad SMARTS) is 2. The van der Waals surface area contributed by atoms with Crippen molar-refractivity contribution in [3.05, 3.63) is 44.9 Å². The van der Waals surface area contributed by atoms with Gasteiger partial charge < -0.3 is 31.4 Å². The number of thiazole rings is 2. The van der Waals surface area contributed by atoms with Crippen molar-refractivity contribution in [3.63, 3.8) is 0 Å². The number of thioether (sulfide) groups is 1. The van der Waals surface area contributed by atoms with Crippen LogP contribution in [0.2, 0.25) is 4.34 Å². The van der Waals surface area contributed by atoms with Crippen LogP contribution in [0.1, 0.15) is 24.5 Å². The summed E-state index contributed by atoms with van der Waals surface area (Å²) < 4.78 is 3.71. The van der Waals surface area contributed by atoms with Crippen molar-refractivity contribution in [2.75, 3.05) is 18.1 Å². The van der Waals surface area contributed by atoms with Gasteiger partial charge in [-0.1, -0.05) is 39.4 Å². The molecule has 0 aromatic carbocycles. The summed E-state index contributed by atoms with van der Waals surface area (Å²) in [7, 11) is 0. The Hall–Kier alpha value is -4.20. The minimum Gasteiger partial charge on any atom is -0.479 e. The van der Waals surface area contributed by atoms with Crippen molar-refractivity contribution in [1.29, 1.82) is 0 Å². The molecule has 0 saturated carbocycles. The first-order valence-corrected chi connectivity index (χ1v) is 15.4. The Balaban J connectivity index is 1.39. The summed E-state index contributed by atoms with van der Waals surface area (Å²) in [6, 6.07) is -1.53. The number of aliphatic carboxylic acids is 2. The highest BCUT2D eigenvalue weighted by Crippen LogP contribution is 2.40. The molecule has 2 aliphatic rings. The van der Waals surface area contributed by atoms with Gasteiger partial charge in [-0.3, -0.25) is 19.3 Å². The van der Waals surface area contributed by atoms with E-state index in [1.54, 1.807) is 6.92 Å². The van der Waals surface area contributed by atoms with E-state index in [4.69, 9.17) is 27.3 Å². The molecule has 6 N–H and O–H groups in total. The van der Waals surface area contributed by atoms with Crippen LogP contribution in [0.4, 0.5) is 5.13 Å². The lowest BCUT2D eigenvalue weighted by molar-refractivity contribution is -0.696. The van der Waals surface area contributed by atoms with E-state index in [0.29, 0.717) is 17.8 Å². The highest BCUT2D eigenvalue weighted by atomic mass is 35.5. The summed E-state index contributed by atoms with van der Waals surface area (Å²) in [6.07, 6.45) is 4.27. The third-order valence-electron chi connectivity index (χ3n) is 6.43. The summed E-state index contributed by atoms with van der Waals surface area (Å²) in [5.74, 6) is -3.34. The molecule has 2 aliphatic heterocycles. The third-order valence-corrected chi connectivity index (χ3v) is 9.66. The van der Waals surface area contributed by atoms with Crippen LogP contribution in [0.15, 0.2) is 34.2 Å². The molecule has 20 heteroatoms. The molecule has 0 bridgehead atoms. The average Bonchev–Trinajstić information content (AvgIpc) is 3.63. The van der Waals surface area contributed by atoms with Gasteiger partial charge in [0.2, 0.25) is 17.8 Å². The predicted molar refractivity (Wildman–Crippen MR) is 154 cm³/mol. The van der Waals surface area contributed by atoms with E-state index < -0.39 is 53.5 Å². The summed E-state index contributed by atoms with van der Waals surface area (Å²) in [4.78, 5) is 71.5. The number of amides is 3. The second-order valence-electron chi connectivity index (χ2n) is 9.13. The lowest BCUT2D eigenvalue weighted by Crippen LogP contribution is -2.71. The number of carbonyl (C=O) groups is 5. The number of nitrogens with zero attached hydrogens (tertiary/aromatic N) is 5. The molecule has 226 valence electrons. The van der Waals surface area contributed by atoms with Crippen LogP contribution in [0.5, 0.6) is 0 Å². The quantitative estimate of drug-likeness (QED) is 0.0569. The first kappa shape index (κ1) is 30.3. The van der Waals surface area contributed by atoms with Gasteiger partial charge in [0.25, 0.3) is 17.6 Å². The number of oxime groups is 1. The number of carbonyl (C=O) groups excluding carboxylic acids is 3. The monoisotopic (exact) mass is 669 g/mol. The first-order valence-electron chi connectivity index (χ1n) is 12.2. The number of hydrogen-bond acceptors (Lipinski definition) is 12. The molecule has 16 nitrogen and oxygen atoms in total. The topological polar surface area (TPSA) is 222 Å². The normalized spacial score (nSPS) is 19.1. The molecule has 43 heavy (non-hydrogen) atoms. The van der Waals surface area contributed by atoms with Gasteiger partial charge in [-0.05, 0) is 6.92 Å². The highest BCUT2D eigenvalue weighted by molar-refractivity contribution is 8.00. The van der Waals surface area contributed by atoms with Gasteiger partial charge in [0.05, 0.1) is 0 Å². The number of nitrogens with one attached hydrogen (secondary N) is 2. The number of rotatable bonds is 12. The highest BCUT2D eigenvalue weighted by Gasteiger charge is 2.54. The van der Waals surface area contributed by atoms with E-state index in [9.17, 15) is 29.1 Å². The molecule has 0 radical (unpaired) electrons. The maximum atomic E-state index is 13.3. The number of nitrogens with two attached hydrogens (primary N) is 1. The molecular weight excluding hydrogens is 648 g/mol. The Morgan fingerprint density at radius 2 is 2.16 bits per heavy atom. The zero-order valence-electron chi connectivity index (χ0n) is 21.9. The third kappa shape index (κ3) is 5.75. The number of hydrogen-bond donors (Lipinski definition) is 5. The number of β-lactam (4-membered cyclic amide) rings is 1. The summed E-state index contributed by atoms with van der Waals surface area (Å²) >= 11 is 9.70. The average molecular weight is 670 g/mol. The van der Waals surface area contributed by atoms with Crippen molar-refractivity contribution in [1.82, 2.24) is 24.9 Å². The zero-order chi connectivity index (χ0) is 31.0.